The molecular formula is C15H24N2OS. The van der Waals surface area contributed by atoms with Crippen LogP contribution in [0.4, 0.5) is 0 Å². The van der Waals surface area contributed by atoms with Crippen molar-refractivity contribution in [2.45, 2.75) is 44.9 Å². The van der Waals surface area contributed by atoms with Crippen LogP contribution >= 0.6 is 11.3 Å². The van der Waals surface area contributed by atoms with Gasteiger partial charge in [-0.05, 0) is 49.6 Å². The lowest BCUT2D eigenvalue weighted by Gasteiger charge is -2.31. The fourth-order valence-corrected chi connectivity index (χ4v) is 5.10. The highest BCUT2D eigenvalue weighted by molar-refractivity contribution is 7.10. The number of hydrogen-bond donors (Lipinski definition) is 2. The van der Waals surface area contributed by atoms with Gasteiger partial charge in [0.25, 0.3) is 0 Å². The Morgan fingerprint density at radius 2 is 2.21 bits per heavy atom. The van der Waals surface area contributed by atoms with Crippen molar-refractivity contribution in [3.63, 3.8) is 0 Å². The summed E-state index contributed by atoms with van der Waals surface area (Å²) < 4.78 is 0. The Kier molecular flexibility index (Phi) is 3.69. The minimum absolute atomic E-state index is 0.0897. The molecule has 1 aliphatic carbocycles. The van der Waals surface area contributed by atoms with E-state index in [-0.39, 0.29) is 12.1 Å². The maximum Gasteiger partial charge on any atom is 0.0593 e. The van der Waals surface area contributed by atoms with E-state index in [2.05, 4.69) is 30.2 Å². The van der Waals surface area contributed by atoms with Crippen molar-refractivity contribution in [3.05, 3.63) is 21.9 Å². The molecule has 1 aromatic rings. The van der Waals surface area contributed by atoms with Crippen LogP contribution in [0.15, 0.2) is 11.4 Å². The standard InChI is InChI=1S/C15H24N2OS/c1-9-5-6-19-15(9)14(10(2)16)17-7-11-3-4-13(18)12(11)8-17/h5-6,10-14,18H,3-4,7-8,16H2,1-2H3. The van der Waals surface area contributed by atoms with E-state index in [0.717, 1.165) is 19.5 Å². The van der Waals surface area contributed by atoms with Crippen LogP contribution in [0, 0.1) is 18.8 Å². The van der Waals surface area contributed by atoms with Gasteiger partial charge < -0.3 is 10.8 Å². The molecule has 1 aromatic heterocycles. The average molecular weight is 280 g/mol. The zero-order chi connectivity index (χ0) is 13.6. The van der Waals surface area contributed by atoms with Gasteiger partial charge in [-0.1, -0.05) is 0 Å². The molecule has 2 heterocycles. The minimum Gasteiger partial charge on any atom is -0.393 e. The first kappa shape index (κ1) is 13.6. The monoisotopic (exact) mass is 280 g/mol. The van der Waals surface area contributed by atoms with Crippen LogP contribution in [0.3, 0.4) is 0 Å². The Balaban J connectivity index is 1.81. The molecule has 3 N–H and O–H groups in total. The summed E-state index contributed by atoms with van der Waals surface area (Å²) in [5.41, 5.74) is 7.62. The predicted molar refractivity (Wildman–Crippen MR) is 79.2 cm³/mol. The molecule has 0 radical (unpaired) electrons. The molecule has 1 saturated heterocycles. The van der Waals surface area contributed by atoms with Crippen molar-refractivity contribution in [1.29, 1.82) is 0 Å². The first-order valence-electron chi connectivity index (χ1n) is 7.29. The lowest BCUT2D eigenvalue weighted by atomic mass is 10.00. The Morgan fingerprint density at radius 1 is 1.42 bits per heavy atom. The van der Waals surface area contributed by atoms with Crippen LogP contribution in [-0.4, -0.2) is 35.2 Å². The number of aliphatic hydroxyl groups excluding tert-OH is 1. The fourth-order valence-electron chi connectivity index (χ4n) is 3.92. The maximum absolute atomic E-state index is 10.1. The van der Waals surface area contributed by atoms with Gasteiger partial charge in [-0.15, -0.1) is 11.3 Å². The molecule has 3 nitrogen and oxygen atoms in total. The van der Waals surface area contributed by atoms with Crippen LogP contribution < -0.4 is 5.73 Å². The van der Waals surface area contributed by atoms with E-state index in [0.29, 0.717) is 17.9 Å². The summed E-state index contributed by atoms with van der Waals surface area (Å²) in [5.74, 6) is 1.15. The van der Waals surface area contributed by atoms with Crippen LogP contribution in [0.25, 0.3) is 0 Å². The second-order valence-corrected chi connectivity index (χ2v) is 7.24. The van der Waals surface area contributed by atoms with Crippen molar-refractivity contribution in [1.82, 2.24) is 4.90 Å². The van der Waals surface area contributed by atoms with Crippen LogP contribution in [0.1, 0.15) is 36.2 Å². The number of nitrogens with zero attached hydrogens (tertiary/aromatic N) is 1. The molecule has 19 heavy (non-hydrogen) atoms. The summed E-state index contributed by atoms with van der Waals surface area (Å²) in [7, 11) is 0. The number of rotatable bonds is 3. The van der Waals surface area contributed by atoms with Gasteiger partial charge in [0.15, 0.2) is 0 Å². The SMILES string of the molecule is Cc1ccsc1C(C(C)N)N1CC2CCC(O)C2C1. The topological polar surface area (TPSA) is 49.5 Å². The zero-order valence-corrected chi connectivity index (χ0v) is 12.6. The summed E-state index contributed by atoms with van der Waals surface area (Å²) in [6, 6.07) is 2.63. The van der Waals surface area contributed by atoms with Gasteiger partial charge in [-0.2, -0.15) is 0 Å². The molecule has 3 rings (SSSR count). The largest absolute Gasteiger partial charge is 0.393 e. The second-order valence-electron chi connectivity index (χ2n) is 6.29. The molecule has 5 unspecified atom stereocenters. The normalized spacial score (nSPS) is 34.4. The van der Waals surface area contributed by atoms with Gasteiger partial charge in [0.1, 0.15) is 0 Å². The smallest absolute Gasteiger partial charge is 0.0593 e. The highest BCUT2D eigenvalue weighted by Crippen LogP contribution is 2.42. The van der Waals surface area contributed by atoms with Gasteiger partial charge in [0.05, 0.1) is 12.1 Å². The van der Waals surface area contributed by atoms with E-state index in [1.807, 2.05) is 11.3 Å². The lowest BCUT2D eigenvalue weighted by Crippen LogP contribution is -2.39. The number of aliphatic hydroxyl groups is 1. The summed E-state index contributed by atoms with van der Waals surface area (Å²) in [6.07, 6.45) is 2.08. The molecule has 0 amide bonds. The van der Waals surface area contributed by atoms with Gasteiger partial charge in [0, 0.05) is 29.9 Å². The molecule has 106 valence electrons. The molecule has 5 atom stereocenters. The molecule has 4 heteroatoms. The number of nitrogens with two attached hydrogens (primary N) is 1. The third-order valence-corrected chi connectivity index (χ3v) is 6.00. The summed E-state index contributed by atoms with van der Waals surface area (Å²) >= 11 is 1.82. The fraction of sp³-hybridized carbons (Fsp3) is 0.733. The Labute approximate surface area is 119 Å². The van der Waals surface area contributed by atoms with Crippen LogP contribution in [0.2, 0.25) is 0 Å². The van der Waals surface area contributed by atoms with Crippen molar-refractivity contribution in [3.8, 4) is 0 Å². The highest BCUT2D eigenvalue weighted by Gasteiger charge is 2.44. The first-order valence-corrected chi connectivity index (χ1v) is 8.17. The van der Waals surface area contributed by atoms with Gasteiger partial charge in [-0.3, -0.25) is 4.90 Å². The van der Waals surface area contributed by atoms with Crippen LogP contribution in [-0.2, 0) is 0 Å². The molecule has 1 aliphatic heterocycles. The summed E-state index contributed by atoms with van der Waals surface area (Å²) in [4.78, 5) is 3.92. The molecule has 0 spiro atoms. The molecule has 0 aromatic carbocycles. The average Bonchev–Trinajstić information content (AvgIpc) is 3.00. The van der Waals surface area contributed by atoms with Crippen molar-refractivity contribution in [2.24, 2.45) is 17.6 Å². The first-order chi connectivity index (χ1) is 9.08. The zero-order valence-electron chi connectivity index (χ0n) is 11.7. The number of aryl methyl sites for hydroxylation is 1. The third-order valence-electron chi connectivity index (χ3n) is 4.91. The molecule has 0 bridgehead atoms. The summed E-state index contributed by atoms with van der Waals surface area (Å²) in [6.45, 7) is 6.39. The Hall–Kier alpha value is -0.420. The number of likely N-dealkylation sites (tertiary alicyclic amines) is 1. The number of thiophene rings is 1. The minimum atomic E-state index is -0.0897. The van der Waals surface area contributed by atoms with Gasteiger partial charge in [0.2, 0.25) is 0 Å². The molecule has 2 fully saturated rings. The molecule has 2 aliphatic rings. The van der Waals surface area contributed by atoms with Crippen molar-refractivity contribution < 1.29 is 5.11 Å². The third kappa shape index (κ3) is 2.35. The summed E-state index contributed by atoms with van der Waals surface area (Å²) in [5, 5.41) is 12.2. The van der Waals surface area contributed by atoms with Gasteiger partial charge in [-0.25, -0.2) is 0 Å². The van der Waals surface area contributed by atoms with E-state index < -0.39 is 0 Å². The predicted octanol–water partition coefficient (Wildman–Crippen LogP) is 2.15. The van der Waals surface area contributed by atoms with Crippen molar-refractivity contribution in [2.75, 3.05) is 13.1 Å². The van der Waals surface area contributed by atoms with Gasteiger partial charge >= 0.3 is 0 Å². The maximum atomic E-state index is 10.1. The quantitative estimate of drug-likeness (QED) is 0.892. The number of hydrogen-bond acceptors (Lipinski definition) is 4. The second kappa shape index (κ2) is 5.17. The lowest BCUT2D eigenvalue weighted by molar-refractivity contribution is 0.115. The van der Waals surface area contributed by atoms with E-state index >= 15 is 0 Å². The molecule has 1 saturated carbocycles. The van der Waals surface area contributed by atoms with E-state index in [1.54, 1.807) is 0 Å². The highest BCUT2D eigenvalue weighted by atomic mass is 32.1. The van der Waals surface area contributed by atoms with E-state index in [4.69, 9.17) is 5.73 Å². The Bertz CT molecular complexity index is 445. The Morgan fingerprint density at radius 3 is 2.79 bits per heavy atom. The van der Waals surface area contributed by atoms with Crippen molar-refractivity contribution >= 4 is 11.3 Å². The van der Waals surface area contributed by atoms with Crippen LogP contribution in [0.5, 0.6) is 0 Å². The van der Waals surface area contributed by atoms with E-state index in [1.165, 1.54) is 16.9 Å². The number of fused-ring (bicyclic) bond motifs is 1. The molecular weight excluding hydrogens is 256 g/mol. The van der Waals surface area contributed by atoms with E-state index in [9.17, 15) is 5.11 Å².